The van der Waals surface area contributed by atoms with Gasteiger partial charge in [0.1, 0.15) is 0 Å². The van der Waals surface area contributed by atoms with Crippen molar-refractivity contribution in [3.8, 4) is 22.5 Å². The Labute approximate surface area is 315 Å². The van der Waals surface area contributed by atoms with Crippen molar-refractivity contribution in [1.82, 2.24) is 9.13 Å². The van der Waals surface area contributed by atoms with E-state index in [-0.39, 0.29) is 10.8 Å². The Morgan fingerprint density at radius 1 is 0.389 bits per heavy atom. The normalized spacial score (nSPS) is 15.2. The Bertz CT molecular complexity index is 3150. The maximum absolute atomic E-state index is 2.58. The molecule has 0 bridgehead atoms. The first-order valence-electron chi connectivity index (χ1n) is 19.4. The molecule has 1 aliphatic rings. The average Bonchev–Trinajstić information content (AvgIpc) is 3.73. The van der Waals surface area contributed by atoms with E-state index < -0.39 is 0 Å². The van der Waals surface area contributed by atoms with Crippen molar-refractivity contribution < 1.29 is 0 Å². The van der Waals surface area contributed by atoms with Gasteiger partial charge < -0.3 is 9.13 Å². The maximum atomic E-state index is 2.58. The van der Waals surface area contributed by atoms with Crippen LogP contribution in [0.5, 0.6) is 0 Å². The maximum Gasteiger partial charge on any atom is 0.0795 e. The molecule has 260 valence electrons. The van der Waals surface area contributed by atoms with Gasteiger partial charge in [0.15, 0.2) is 0 Å². The second-order valence-electron chi connectivity index (χ2n) is 16.8. The molecule has 2 nitrogen and oxygen atoms in total. The van der Waals surface area contributed by atoms with Crippen LogP contribution < -0.4 is 0 Å². The van der Waals surface area contributed by atoms with Crippen molar-refractivity contribution >= 4 is 65.2 Å². The van der Waals surface area contributed by atoms with Crippen LogP contribution >= 0.6 is 0 Å². The highest BCUT2D eigenvalue weighted by molar-refractivity contribution is 6.36. The molecule has 0 radical (unpaired) electrons. The third-order valence-corrected chi connectivity index (χ3v) is 12.7. The number of nitrogens with zero attached hydrogens (tertiary/aromatic N) is 2. The molecule has 0 amide bonds. The molecule has 0 saturated heterocycles. The molecule has 2 aromatic heterocycles. The first kappa shape index (κ1) is 31.4. The van der Waals surface area contributed by atoms with Gasteiger partial charge in [-0.25, -0.2) is 0 Å². The molecule has 2 heterocycles. The monoisotopic (exact) mass is 694 g/mol. The molecule has 0 atom stereocenters. The predicted octanol–water partition coefficient (Wildman–Crippen LogP) is 14.2. The van der Waals surface area contributed by atoms with Gasteiger partial charge >= 0.3 is 0 Å². The van der Waals surface area contributed by atoms with Crippen LogP contribution in [-0.2, 0) is 10.8 Å². The Balaban J connectivity index is 1.35. The quantitative estimate of drug-likeness (QED) is 0.174. The van der Waals surface area contributed by atoms with Crippen LogP contribution in [-0.4, -0.2) is 9.13 Å². The third kappa shape index (κ3) is 4.40. The van der Waals surface area contributed by atoms with E-state index in [2.05, 4.69) is 195 Å². The summed E-state index contributed by atoms with van der Waals surface area (Å²) in [5.74, 6) is 0. The van der Waals surface area contributed by atoms with E-state index in [4.69, 9.17) is 0 Å². The molecule has 8 aromatic carbocycles. The first-order valence-corrected chi connectivity index (χ1v) is 19.4. The van der Waals surface area contributed by atoms with Gasteiger partial charge in [-0.05, 0) is 116 Å². The molecule has 0 aliphatic heterocycles. The first-order chi connectivity index (χ1) is 26.3. The van der Waals surface area contributed by atoms with Crippen molar-refractivity contribution in [3.05, 3.63) is 169 Å². The van der Waals surface area contributed by atoms with Crippen LogP contribution in [0.15, 0.2) is 158 Å². The van der Waals surface area contributed by atoms with Crippen molar-refractivity contribution in [2.24, 2.45) is 0 Å². The fraction of sp³-hybridized carbons (Fsp3) is 0.154. The molecule has 1 aliphatic carbocycles. The highest BCUT2D eigenvalue weighted by Crippen LogP contribution is 2.51. The van der Waals surface area contributed by atoms with Crippen LogP contribution in [0.4, 0.5) is 0 Å². The predicted molar refractivity (Wildman–Crippen MR) is 231 cm³/mol. The zero-order valence-electron chi connectivity index (χ0n) is 31.3. The molecular formula is C52H42N2. The van der Waals surface area contributed by atoms with Gasteiger partial charge in [0, 0.05) is 32.9 Å². The molecule has 0 N–H and O–H groups in total. The SMILES string of the molecule is CC1(C)CCC(C)(C)c2cc3c(cc21)c1c2ccccc2c2c4ccccc4n(-c4cccc(-c5ccc6ccccc6c5)c4)c2c1n3-c1ccccc1. The van der Waals surface area contributed by atoms with Gasteiger partial charge in [-0.2, -0.15) is 0 Å². The summed E-state index contributed by atoms with van der Waals surface area (Å²) in [6.45, 7) is 9.77. The van der Waals surface area contributed by atoms with Gasteiger partial charge in [-0.15, -0.1) is 0 Å². The molecule has 54 heavy (non-hydrogen) atoms. The van der Waals surface area contributed by atoms with Crippen molar-refractivity contribution in [3.63, 3.8) is 0 Å². The summed E-state index contributed by atoms with van der Waals surface area (Å²) in [5, 5.41) is 10.4. The molecule has 0 spiro atoms. The van der Waals surface area contributed by atoms with E-state index in [1.165, 1.54) is 106 Å². The highest BCUT2D eigenvalue weighted by atomic mass is 15.0. The van der Waals surface area contributed by atoms with Gasteiger partial charge in [-0.3, -0.25) is 0 Å². The number of hydrogen-bond donors (Lipinski definition) is 0. The number of para-hydroxylation sites is 2. The zero-order chi connectivity index (χ0) is 36.3. The smallest absolute Gasteiger partial charge is 0.0795 e. The largest absolute Gasteiger partial charge is 0.307 e. The Morgan fingerprint density at radius 2 is 0.944 bits per heavy atom. The Kier molecular flexibility index (Phi) is 6.51. The van der Waals surface area contributed by atoms with Crippen LogP contribution in [0, 0.1) is 0 Å². The lowest BCUT2D eigenvalue weighted by Gasteiger charge is -2.42. The number of fused-ring (bicyclic) bond motifs is 12. The van der Waals surface area contributed by atoms with E-state index in [1.807, 2.05) is 0 Å². The fourth-order valence-electron chi connectivity index (χ4n) is 9.81. The Morgan fingerprint density at radius 3 is 1.69 bits per heavy atom. The summed E-state index contributed by atoms with van der Waals surface area (Å²) in [4.78, 5) is 0. The summed E-state index contributed by atoms with van der Waals surface area (Å²) in [5.41, 5.74) is 12.9. The summed E-state index contributed by atoms with van der Waals surface area (Å²) < 4.78 is 5.13. The summed E-state index contributed by atoms with van der Waals surface area (Å²) in [6, 6.07) is 58.9. The lowest BCUT2D eigenvalue weighted by Crippen LogP contribution is -2.33. The minimum Gasteiger partial charge on any atom is -0.307 e. The molecule has 11 rings (SSSR count). The summed E-state index contributed by atoms with van der Waals surface area (Å²) in [6.07, 6.45) is 2.36. The standard InChI is InChI=1S/C52H42N2/c1-51(2)27-28-52(3,4)44-32-46-42(31-43(44)51)48-40-22-11-10-21-39(40)47-41-23-12-13-24-45(41)54(49(47)50(48)53(46)37-18-6-5-7-19-37)38-20-14-17-35(30-38)36-26-25-33-15-8-9-16-34(33)29-36/h5-26,29-32H,27-28H2,1-4H3. The van der Waals surface area contributed by atoms with E-state index >= 15 is 0 Å². The second kappa shape index (κ2) is 11.2. The van der Waals surface area contributed by atoms with Gasteiger partial charge in [0.05, 0.1) is 22.1 Å². The summed E-state index contributed by atoms with van der Waals surface area (Å²) >= 11 is 0. The molecular weight excluding hydrogens is 653 g/mol. The zero-order valence-corrected chi connectivity index (χ0v) is 31.3. The molecule has 10 aromatic rings. The Hall–Kier alpha value is -6.12. The lowest BCUT2D eigenvalue weighted by atomic mass is 9.63. The van der Waals surface area contributed by atoms with Crippen molar-refractivity contribution in [2.45, 2.75) is 51.4 Å². The average molecular weight is 695 g/mol. The van der Waals surface area contributed by atoms with Crippen molar-refractivity contribution in [1.29, 1.82) is 0 Å². The van der Waals surface area contributed by atoms with E-state index in [0.29, 0.717) is 0 Å². The van der Waals surface area contributed by atoms with Gasteiger partial charge in [0.2, 0.25) is 0 Å². The molecule has 0 saturated carbocycles. The topological polar surface area (TPSA) is 9.86 Å². The molecule has 2 heteroatoms. The van der Waals surface area contributed by atoms with E-state index in [1.54, 1.807) is 0 Å². The van der Waals surface area contributed by atoms with Crippen LogP contribution in [0.1, 0.15) is 51.7 Å². The summed E-state index contributed by atoms with van der Waals surface area (Å²) in [7, 11) is 0. The minimum atomic E-state index is 0.0898. The van der Waals surface area contributed by atoms with Crippen LogP contribution in [0.25, 0.3) is 87.7 Å². The van der Waals surface area contributed by atoms with Crippen molar-refractivity contribution in [2.75, 3.05) is 0 Å². The fourth-order valence-corrected chi connectivity index (χ4v) is 9.81. The number of benzene rings is 8. The van der Waals surface area contributed by atoms with Gasteiger partial charge in [-0.1, -0.05) is 137 Å². The third-order valence-electron chi connectivity index (χ3n) is 12.7. The number of rotatable bonds is 3. The second-order valence-corrected chi connectivity index (χ2v) is 16.8. The van der Waals surface area contributed by atoms with Crippen LogP contribution in [0.2, 0.25) is 0 Å². The number of hydrogen-bond acceptors (Lipinski definition) is 0. The minimum absolute atomic E-state index is 0.0898. The molecule has 0 unspecified atom stereocenters. The van der Waals surface area contributed by atoms with E-state index in [0.717, 1.165) is 5.69 Å². The molecule has 0 fully saturated rings. The van der Waals surface area contributed by atoms with Crippen LogP contribution in [0.3, 0.4) is 0 Å². The van der Waals surface area contributed by atoms with Gasteiger partial charge in [0.25, 0.3) is 0 Å². The number of aromatic nitrogens is 2. The lowest BCUT2D eigenvalue weighted by molar-refractivity contribution is 0.332. The van der Waals surface area contributed by atoms with E-state index in [9.17, 15) is 0 Å². The highest BCUT2D eigenvalue weighted by Gasteiger charge is 2.38.